The number of benzene rings is 2. The zero-order chi connectivity index (χ0) is 22.5. The van der Waals surface area contributed by atoms with Crippen LogP contribution in [0, 0.1) is 6.92 Å². The van der Waals surface area contributed by atoms with Crippen LogP contribution in [0.25, 0.3) is 21.3 Å². The first-order valence-corrected chi connectivity index (χ1v) is 11.5. The van der Waals surface area contributed by atoms with Crippen LogP contribution in [-0.2, 0) is 4.79 Å². The lowest BCUT2D eigenvalue weighted by molar-refractivity contribution is -0.118. The van der Waals surface area contributed by atoms with Crippen LogP contribution in [0.5, 0.6) is 5.75 Å². The molecule has 4 rings (SSSR count). The van der Waals surface area contributed by atoms with Gasteiger partial charge in [0.1, 0.15) is 10.6 Å². The lowest BCUT2D eigenvalue weighted by Crippen LogP contribution is -2.20. The molecule has 0 aliphatic carbocycles. The highest BCUT2D eigenvalue weighted by atomic mass is 32.2. The molecule has 2 aromatic carbocycles. The van der Waals surface area contributed by atoms with Crippen LogP contribution in [0.2, 0.25) is 0 Å². The van der Waals surface area contributed by atoms with E-state index in [4.69, 9.17) is 4.74 Å². The number of aryl methyl sites for hydroxylation is 1. The minimum absolute atomic E-state index is 0.0737. The van der Waals surface area contributed by atoms with Crippen LogP contribution in [0.3, 0.4) is 0 Å². The zero-order valence-corrected chi connectivity index (χ0v) is 19.0. The molecular formula is C23H20N4O3S2. The van der Waals surface area contributed by atoms with Crippen LogP contribution in [-0.4, -0.2) is 35.0 Å². The molecule has 0 aliphatic heterocycles. The van der Waals surface area contributed by atoms with Gasteiger partial charge >= 0.3 is 0 Å². The molecular weight excluding hydrogens is 444 g/mol. The van der Waals surface area contributed by atoms with Gasteiger partial charge < -0.3 is 9.72 Å². The Kier molecular flexibility index (Phi) is 6.67. The van der Waals surface area contributed by atoms with E-state index in [0.717, 1.165) is 39.1 Å². The minimum Gasteiger partial charge on any atom is -0.497 e. The topological polar surface area (TPSA) is 96.4 Å². The summed E-state index contributed by atoms with van der Waals surface area (Å²) in [7, 11) is 1.60. The average molecular weight is 465 g/mol. The van der Waals surface area contributed by atoms with Crippen molar-refractivity contribution in [2.45, 2.75) is 12.1 Å². The summed E-state index contributed by atoms with van der Waals surface area (Å²) in [4.78, 5) is 33.9. The van der Waals surface area contributed by atoms with Crippen molar-refractivity contribution >= 4 is 45.4 Å². The second kappa shape index (κ2) is 9.80. The molecule has 0 unspecified atom stereocenters. The highest BCUT2D eigenvalue weighted by molar-refractivity contribution is 7.99. The van der Waals surface area contributed by atoms with E-state index in [2.05, 4.69) is 20.5 Å². The van der Waals surface area contributed by atoms with Crippen molar-refractivity contribution in [1.29, 1.82) is 0 Å². The Labute approximate surface area is 192 Å². The van der Waals surface area contributed by atoms with Gasteiger partial charge in [-0.25, -0.2) is 10.4 Å². The summed E-state index contributed by atoms with van der Waals surface area (Å²) < 4.78 is 5.10. The quantitative estimate of drug-likeness (QED) is 0.185. The molecule has 7 nitrogen and oxygen atoms in total. The number of hydrogen-bond donors (Lipinski definition) is 2. The molecule has 0 saturated heterocycles. The van der Waals surface area contributed by atoms with Crippen molar-refractivity contribution in [3.05, 3.63) is 75.4 Å². The Balaban J connectivity index is 1.43. The molecule has 0 bridgehead atoms. The van der Waals surface area contributed by atoms with Gasteiger partial charge in [-0.2, -0.15) is 5.10 Å². The predicted octanol–water partition coefficient (Wildman–Crippen LogP) is 4.21. The van der Waals surface area contributed by atoms with Crippen LogP contribution in [0.1, 0.15) is 10.4 Å². The van der Waals surface area contributed by atoms with Crippen molar-refractivity contribution < 1.29 is 9.53 Å². The number of amides is 1. The fourth-order valence-electron chi connectivity index (χ4n) is 3.15. The number of H-pyrrole nitrogens is 1. The first kappa shape index (κ1) is 21.8. The molecule has 0 saturated carbocycles. The van der Waals surface area contributed by atoms with Crippen LogP contribution < -0.4 is 15.7 Å². The number of carbonyl (C=O) groups is 1. The first-order valence-electron chi connectivity index (χ1n) is 9.72. The third-order valence-electron chi connectivity index (χ3n) is 4.64. The van der Waals surface area contributed by atoms with Crippen molar-refractivity contribution in [1.82, 2.24) is 15.4 Å². The molecule has 32 heavy (non-hydrogen) atoms. The monoisotopic (exact) mass is 464 g/mol. The number of thiophene rings is 1. The van der Waals surface area contributed by atoms with Crippen LogP contribution in [0.15, 0.2) is 69.6 Å². The number of rotatable bonds is 7. The number of aromatic nitrogens is 2. The third kappa shape index (κ3) is 4.90. The summed E-state index contributed by atoms with van der Waals surface area (Å²) in [5.74, 6) is 0.525. The maximum atomic E-state index is 12.8. The highest BCUT2D eigenvalue weighted by Crippen LogP contribution is 2.35. The first-order chi connectivity index (χ1) is 15.5. The SMILES string of the molecule is COc1ccc(/C=N/NC(=O)CSc2nc3sc(C)c(-c4ccccc4)c3c(=O)[nH]2)cc1. The highest BCUT2D eigenvalue weighted by Gasteiger charge is 2.17. The maximum Gasteiger partial charge on any atom is 0.260 e. The summed E-state index contributed by atoms with van der Waals surface area (Å²) in [6.45, 7) is 1.98. The number of thioether (sulfide) groups is 1. The van der Waals surface area contributed by atoms with E-state index in [1.165, 1.54) is 11.3 Å². The molecule has 162 valence electrons. The number of carbonyl (C=O) groups excluding carboxylic acids is 1. The van der Waals surface area contributed by atoms with Gasteiger partial charge in [-0.3, -0.25) is 9.59 Å². The Morgan fingerprint density at radius 2 is 1.97 bits per heavy atom. The molecule has 4 aromatic rings. The van der Waals surface area contributed by atoms with Gasteiger partial charge in [0.2, 0.25) is 0 Å². The molecule has 2 N–H and O–H groups in total. The van der Waals surface area contributed by atoms with Gasteiger partial charge in [0.05, 0.1) is 24.5 Å². The van der Waals surface area contributed by atoms with E-state index < -0.39 is 0 Å². The molecule has 2 aromatic heterocycles. The fraction of sp³-hybridized carbons (Fsp3) is 0.130. The molecule has 0 fully saturated rings. The second-order valence-electron chi connectivity index (χ2n) is 6.81. The van der Waals surface area contributed by atoms with E-state index in [0.29, 0.717) is 15.4 Å². The van der Waals surface area contributed by atoms with Gasteiger partial charge in [0.25, 0.3) is 11.5 Å². The van der Waals surface area contributed by atoms with E-state index in [-0.39, 0.29) is 17.2 Å². The molecule has 2 heterocycles. The summed E-state index contributed by atoms with van der Waals surface area (Å²) in [6.07, 6.45) is 1.55. The number of hydrogen-bond acceptors (Lipinski definition) is 7. The number of nitrogens with zero attached hydrogens (tertiary/aromatic N) is 2. The third-order valence-corrected chi connectivity index (χ3v) is 6.51. The van der Waals surface area contributed by atoms with Gasteiger partial charge in [-0.15, -0.1) is 11.3 Å². The molecule has 9 heteroatoms. The molecule has 0 aliphatic rings. The summed E-state index contributed by atoms with van der Waals surface area (Å²) in [5, 5.41) is 4.94. The Hall–Kier alpha value is -3.43. The van der Waals surface area contributed by atoms with Crippen LogP contribution in [0.4, 0.5) is 0 Å². The molecule has 0 radical (unpaired) electrons. The lowest BCUT2D eigenvalue weighted by atomic mass is 10.0. The fourth-order valence-corrected chi connectivity index (χ4v) is 4.91. The zero-order valence-electron chi connectivity index (χ0n) is 17.4. The largest absolute Gasteiger partial charge is 0.497 e. The number of hydrazone groups is 1. The van der Waals surface area contributed by atoms with Crippen molar-refractivity contribution in [3.63, 3.8) is 0 Å². The van der Waals surface area contributed by atoms with Gasteiger partial charge in [0, 0.05) is 10.4 Å². The molecule has 0 spiro atoms. The summed E-state index contributed by atoms with van der Waals surface area (Å²) >= 11 is 2.63. The smallest absolute Gasteiger partial charge is 0.260 e. The van der Waals surface area contributed by atoms with Gasteiger partial charge in [0.15, 0.2) is 5.16 Å². The summed E-state index contributed by atoms with van der Waals surface area (Å²) in [6, 6.07) is 17.1. The van der Waals surface area contributed by atoms with Crippen molar-refractivity contribution in [2.75, 3.05) is 12.9 Å². The number of fused-ring (bicyclic) bond motifs is 1. The minimum atomic E-state index is -0.296. The Morgan fingerprint density at radius 3 is 2.69 bits per heavy atom. The molecule has 0 atom stereocenters. The average Bonchev–Trinajstić information content (AvgIpc) is 3.15. The normalized spacial score (nSPS) is 11.2. The van der Waals surface area contributed by atoms with E-state index >= 15 is 0 Å². The van der Waals surface area contributed by atoms with E-state index in [9.17, 15) is 9.59 Å². The number of aromatic amines is 1. The van der Waals surface area contributed by atoms with Crippen molar-refractivity contribution in [2.24, 2.45) is 5.10 Å². The maximum absolute atomic E-state index is 12.8. The lowest BCUT2D eigenvalue weighted by Gasteiger charge is -2.03. The Morgan fingerprint density at radius 1 is 1.22 bits per heavy atom. The number of ether oxygens (including phenoxy) is 1. The molecule has 1 amide bonds. The van der Waals surface area contributed by atoms with E-state index in [1.54, 1.807) is 13.3 Å². The second-order valence-corrected chi connectivity index (χ2v) is 8.97. The Bertz CT molecular complexity index is 1330. The number of nitrogens with one attached hydrogen (secondary N) is 2. The number of methoxy groups -OCH3 is 1. The predicted molar refractivity (Wildman–Crippen MR) is 130 cm³/mol. The van der Waals surface area contributed by atoms with Gasteiger partial charge in [-0.1, -0.05) is 42.1 Å². The van der Waals surface area contributed by atoms with Gasteiger partial charge in [-0.05, 0) is 42.3 Å². The van der Waals surface area contributed by atoms with Crippen molar-refractivity contribution in [3.8, 4) is 16.9 Å². The standard InChI is InChI=1S/C23H20N4O3S2/c1-14-19(16-6-4-3-5-7-16)20-21(29)25-23(26-22(20)32-14)31-13-18(28)27-24-12-15-8-10-17(30-2)11-9-15/h3-12H,13H2,1-2H3,(H,27,28)(H,25,26,29)/b24-12+. The van der Waals surface area contributed by atoms with Crippen LogP contribution >= 0.6 is 23.1 Å². The van der Waals surface area contributed by atoms with E-state index in [1.807, 2.05) is 61.5 Å². The summed E-state index contributed by atoms with van der Waals surface area (Å²) in [5.41, 5.74) is 4.99.